The molecule has 2 aliphatic heterocycles. The number of aromatic nitrogens is 1. The lowest BCUT2D eigenvalue weighted by molar-refractivity contribution is -0.885. The molecule has 156 valence electrons. The minimum atomic E-state index is 0.232. The predicted molar refractivity (Wildman–Crippen MR) is 116 cm³/mol. The summed E-state index contributed by atoms with van der Waals surface area (Å²) in [6.45, 7) is 3.20. The standard InChI is InChI=1S/C23H25N3O3S/c1-25(13-16-6-7-19-20(12-16)29-15-28-19)14-22(27)26-10-8-17(9-11-26)23-24-18-4-2-3-5-21(18)30-23/h2-7,12,17H,8-11,13-15H2,1H3/p+1. The largest absolute Gasteiger partial charge is 0.454 e. The second-order valence-corrected chi connectivity index (χ2v) is 9.24. The fraction of sp³-hybridized carbons (Fsp3) is 0.391. The van der Waals surface area contributed by atoms with Gasteiger partial charge in [-0.05, 0) is 43.2 Å². The van der Waals surface area contributed by atoms with E-state index in [4.69, 9.17) is 14.5 Å². The second-order valence-electron chi connectivity index (χ2n) is 8.17. The first-order chi connectivity index (χ1) is 14.7. The number of likely N-dealkylation sites (N-methyl/N-ethyl adjacent to an activating group) is 1. The number of fused-ring (bicyclic) bond motifs is 2. The van der Waals surface area contributed by atoms with Crippen molar-refractivity contribution in [1.82, 2.24) is 9.88 Å². The molecule has 6 nitrogen and oxygen atoms in total. The Balaban J connectivity index is 1.14. The number of likely N-dealkylation sites (tertiary alicyclic amines) is 1. The Kier molecular flexibility index (Phi) is 5.31. The van der Waals surface area contributed by atoms with E-state index in [-0.39, 0.29) is 12.7 Å². The molecule has 0 radical (unpaired) electrons. The van der Waals surface area contributed by atoms with Crippen LogP contribution in [0, 0.1) is 0 Å². The highest BCUT2D eigenvalue weighted by molar-refractivity contribution is 7.18. The first-order valence-electron chi connectivity index (χ1n) is 10.5. The average Bonchev–Trinajstić information content (AvgIpc) is 3.40. The molecule has 1 N–H and O–H groups in total. The van der Waals surface area contributed by atoms with Gasteiger partial charge in [-0.3, -0.25) is 4.79 Å². The van der Waals surface area contributed by atoms with Gasteiger partial charge in [-0.15, -0.1) is 11.3 Å². The van der Waals surface area contributed by atoms with Crippen LogP contribution in [0.3, 0.4) is 0 Å². The van der Waals surface area contributed by atoms with E-state index in [0.29, 0.717) is 12.5 Å². The normalized spacial score (nSPS) is 17.4. The van der Waals surface area contributed by atoms with Crippen molar-refractivity contribution >= 4 is 27.5 Å². The number of quaternary nitrogens is 1. The maximum Gasteiger partial charge on any atom is 0.277 e. The lowest BCUT2D eigenvalue weighted by atomic mass is 9.97. The number of benzene rings is 2. The van der Waals surface area contributed by atoms with Crippen LogP contribution in [0.5, 0.6) is 11.5 Å². The summed E-state index contributed by atoms with van der Waals surface area (Å²) in [5.41, 5.74) is 2.24. The van der Waals surface area contributed by atoms with Crippen molar-refractivity contribution in [2.45, 2.75) is 25.3 Å². The van der Waals surface area contributed by atoms with Gasteiger partial charge in [0.15, 0.2) is 18.0 Å². The molecule has 0 aliphatic carbocycles. The molecule has 2 aliphatic rings. The molecule has 30 heavy (non-hydrogen) atoms. The number of carbonyl (C=O) groups is 1. The maximum atomic E-state index is 12.8. The lowest BCUT2D eigenvalue weighted by Gasteiger charge is -2.31. The lowest BCUT2D eigenvalue weighted by Crippen LogP contribution is -3.08. The number of hydrogen-bond donors (Lipinski definition) is 1. The van der Waals surface area contributed by atoms with Crippen LogP contribution in [0.25, 0.3) is 10.2 Å². The van der Waals surface area contributed by atoms with E-state index in [1.165, 1.54) is 14.6 Å². The van der Waals surface area contributed by atoms with Crippen LogP contribution in [0.15, 0.2) is 42.5 Å². The maximum absolute atomic E-state index is 12.8. The fourth-order valence-corrected chi connectivity index (χ4v) is 5.41. The highest BCUT2D eigenvalue weighted by atomic mass is 32.1. The zero-order chi connectivity index (χ0) is 20.5. The molecule has 0 saturated carbocycles. The molecular formula is C23H26N3O3S+. The zero-order valence-electron chi connectivity index (χ0n) is 17.1. The van der Waals surface area contributed by atoms with E-state index in [9.17, 15) is 4.79 Å². The summed E-state index contributed by atoms with van der Waals surface area (Å²) >= 11 is 1.80. The molecule has 1 fully saturated rings. The van der Waals surface area contributed by atoms with Crippen molar-refractivity contribution in [1.29, 1.82) is 0 Å². The van der Waals surface area contributed by atoms with Crippen LogP contribution in [-0.2, 0) is 11.3 Å². The van der Waals surface area contributed by atoms with Crippen LogP contribution >= 0.6 is 11.3 Å². The third-order valence-electron chi connectivity index (χ3n) is 5.90. The van der Waals surface area contributed by atoms with E-state index >= 15 is 0 Å². The number of piperidine rings is 1. The van der Waals surface area contributed by atoms with E-state index < -0.39 is 0 Å². The molecule has 0 bridgehead atoms. The number of ether oxygens (including phenoxy) is 2. The van der Waals surface area contributed by atoms with Gasteiger partial charge in [0.2, 0.25) is 6.79 Å². The Morgan fingerprint density at radius 2 is 1.97 bits per heavy atom. The van der Waals surface area contributed by atoms with Gasteiger partial charge >= 0.3 is 0 Å². The minimum Gasteiger partial charge on any atom is -0.454 e. The van der Waals surface area contributed by atoms with E-state index in [1.54, 1.807) is 11.3 Å². The Labute approximate surface area is 180 Å². The van der Waals surface area contributed by atoms with Gasteiger partial charge in [0, 0.05) is 24.6 Å². The summed E-state index contributed by atoms with van der Waals surface area (Å²) in [6, 6.07) is 14.3. The van der Waals surface area contributed by atoms with Crippen molar-refractivity contribution in [2.24, 2.45) is 0 Å². The Morgan fingerprint density at radius 3 is 2.80 bits per heavy atom. The second kappa shape index (κ2) is 8.24. The average molecular weight is 425 g/mol. The fourth-order valence-electron chi connectivity index (χ4n) is 4.27. The van der Waals surface area contributed by atoms with Crippen LogP contribution in [0.2, 0.25) is 0 Å². The highest BCUT2D eigenvalue weighted by Crippen LogP contribution is 2.34. The number of thiazole rings is 1. The summed E-state index contributed by atoms with van der Waals surface area (Å²) in [6.07, 6.45) is 1.99. The molecular weight excluding hydrogens is 398 g/mol. The molecule has 1 atom stereocenters. The van der Waals surface area contributed by atoms with Crippen LogP contribution in [0.1, 0.15) is 29.3 Å². The minimum absolute atomic E-state index is 0.232. The van der Waals surface area contributed by atoms with Crippen molar-refractivity contribution in [3.8, 4) is 11.5 Å². The highest BCUT2D eigenvalue weighted by Gasteiger charge is 2.27. The van der Waals surface area contributed by atoms with Gasteiger partial charge in [0.1, 0.15) is 6.54 Å². The predicted octanol–water partition coefficient (Wildman–Crippen LogP) is 2.45. The molecule has 0 spiro atoms. The smallest absolute Gasteiger partial charge is 0.277 e. The topological polar surface area (TPSA) is 56.1 Å². The number of amides is 1. The zero-order valence-corrected chi connectivity index (χ0v) is 17.9. The number of rotatable bonds is 5. The Morgan fingerprint density at radius 1 is 1.17 bits per heavy atom. The number of para-hydroxylation sites is 1. The van der Waals surface area contributed by atoms with Crippen molar-refractivity contribution < 1.29 is 19.2 Å². The molecule has 3 aromatic rings. The molecule has 1 amide bonds. The van der Waals surface area contributed by atoms with Crippen LogP contribution in [-0.4, -0.2) is 49.3 Å². The number of hydrogen-bond acceptors (Lipinski definition) is 5. The number of nitrogens with zero attached hydrogens (tertiary/aromatic N) is 2. The summed E-state index contributed by atoms with van der Waals surface area (Å²) in [4.78, 5) is 20.8. The van der Waals surface area contributed by atoms with E-state index in [1.807, 2.05) is 29.2 Å². The van der Waals surface area contributed by atoms with Crippen molar-refractivity contribution in [2.75, 3.05) is 33.5 Å². The van der Waals surface area contributed by atoms with Crippen LogP contribution in [0.4, 0.5) is 0 Å². The monoisotopic (exact) mass is 424 g/mol. The molecule has 1 unspecified atom stereocenters. The Bertz CT molecular complexity index is 1030. The summed E-state index contributed by atoms with van der Waals surface area (Å²) < 4.78 is 12.1. The molecule has 1 aromatic heterocycles. The summed E-state index contributed by atoms with van der Waals surface area (Å²) in [5, 5.41) is 1.22. The summed E-state index contributed by atoms with van der Waals surface area (Å²) in [7, 11) is 2.07. The quantitative estimate of drug-likeness (QED) is 0.684. The van der Waals surface area contributed by atoms with E-state index in [0.717, 1.165) is 55.1 Å². The molecule has 7 heteroatoms. The van der Waals surface area contributed by atoms with Gasteiger partial charge in [0.25, 0.3) is 5.91 Å². The molecule has 1 saturated heterocycles. The SMILES string of the molecule is C[NH+](CC(=O)N1CCC(c2nc3ccccc3s2)CC1)Cc1ccc2c(c1)OCO2. The first-order valence-corrected chi connectivity index (χ1v) is 11.3. The molecule has 3 heterocycles. The summed E-state index contributed by atoms with van der Waals surface area (Å²) in [5.74, 6) is 2.29. The van der Waals surface area contributed by atoms with Gasteiger partial charge in [-0.2, -0.15) is 0 Å². The molecule has 5 rings (SSSR count). The number of carbonyl (C=O) groups excluding carboxylic acids is 1. The van der Waals surface area contributed by atoms with E-state index in [2.05, 4.69) is 25.2 Å². The third kappa shape index (κ3) is 4.00. The van der Waals surface area contributed by atoms with Gasteiger partial charge in [0.05, 0.1) is 22.3 Å². The Hall–Kier alpha value is -2.64. The third-order valence-corrected chi connectivity index (χ3v) is 7.10. The van der Waals surface area contributed by atoms with Gasteiger partial charge < -0.3 is 19.3 Å². The number of nitrogens with one attached hydrogen (secondary N) is 1. The van der Waals surface area contributed by atoms with Gasteiger partial charge in [-0.25, -0.2) is 4.98 Å². The molecule has 2 aromatic carbocycles. The van der Waals surface area contributed by atoms with Crippen molar-refractivity contribution in [3.05, 3.63) is 53.0 Å². The van der Waals surface area contributed by atoms with Crippen molar-refractivity contribution in [3.63, 3.8) is 0 Å². The van der Waals surface area contributed by atoms with Crippen LogP contribution < -0.4 is 14.4 Å². The first kappa shape index (κ1) is 19.3. The van der Waals surface area contributed by atoms with Gasteiger partial charge in [-0.1, -0.05) is 12.1 Å².